The van der Waals surface area contributed by atoms with E-state index in [1.54, 1.807) is 39.0 Å². The van der Waals surface area contributed by atoms with Gasteiger partial charge in [0.25, 0.3) is 0 Å². The summed E-state index contributed by atoms with van der Waals surface area (Å²) < 4.78 is 10.2. The Bertz CT molecular complexity index is 545. The van der Waals surface area contributed by atoms with Crippen molar-refractivity contribution in [1.82, 2.24) is 4.90 Å². The molecule has 5 nitrogen and oxygen atoms in total. The first-order valence-corrected chi connectivity index (χ1v) is 6.50. The molecule has 0 aromatic heterocycles. The quantitative estimate of drug-likeness (QED) is 0.583. The molecule has 108 valence electrons. The molecule has 0 unspecified atom stereocenters. The highest BCUT2D eigenvalue weighted by Crippen LogP contribution is 2.24. The molecule has 0 amide bonds. The molecule has 0 bridgehead atoms. The van der Waals surface area contributed by atoms with Crippen LogP contribution in [0.4, 0.5) is 4.79 Å². The van der Waals surface area contributed by atoms with E-state index in [1.807, 2.05) is 11.9 Å². The average molecular weight is 277 g/mol. The number of hydrogen-bond acceptors (Lipinski definition) is 5. The van der Waals surface area contributed by atoms with Gasteiger partial charge in [0.2, 0.25) is 0 Å². The van der Waals surface area contributed by atoms with Gasteiger partial charge in [0.1, 0.15) is 11.4 Å². The first-order chi connectivity index (χ1) is 9.24. The second-order valence-corrected chi connectivity index (χ2v) is 5.98. The first kappa shape index (κ1) is 14.5. The number of likely N-dealkylation sites (N-methyl/N-ethyl adjacent to an activating group) is 1. The number of hydrogen-bond donors (Lipinski definition) is 0. The molecule has 1 heterocycles. The third kappa shape index (κ3) is 3.57. The summed E-state index contributed by atoms with van der Waals surface area (Å²) in [6, 6.07) is 5.03. The summed E-state index contributed by atoms with van der Waals surface area (Å²) >= 11 is 0. The molecule has 1 aromatic rings. The maximum atomic E-state index is 11.8. The molecule has 0 saturated heterocycles. The van der Waals surface area contributed by atoms with Crippen molar-refractivity contribution in [1.29, 1.82) is 0 Å². The topological polar surface area (TPSA) is 55.8 Å². The predicted octanol–water partition coefficient (Wildman–Crippen LogP) is 2.63. The number of ether oxygens (including phenoxy) is 2. The fourth-order valence-electron chi connectivity index (χ4n) is 2.08. The number of carbonyl (C=O) groups excluding carboxylic acids is 2. The Kier molecular flexibility index (Phi) is 3.81. The van der Waals surface area contributed by atoms with Crippen molar-refractivity contribution in [3.05, 3.63) is 29.3 Å². The molecule has 1 aliphatic heterocycles. The molecule has 0 saturated carbocycles. The number of rotatable bonds is 1. The van der Waals surface area contributed by atoms with Gasteiger partial charge in [-0.3, -0.25) is 9.69 Å². The van der Waals surface area contributed by atoms with E-state index < -0.39 is 11.8 Å². The van der Waals surface area contributed by atoms with Crippen LogP contribution in [0, 0.1) is 0 Å². The molecule has 0 aliphatic carbocycles. The molecule has 2 rings (SSSR count). The summed E-state index contributed by atoms with van der Waals surface area (Å²) in [7, 11) is 1.88. The monoisotopic (exact) mass is 277 g/mol. The predicted molar refractivity (Wildman–Crippen MR) is 74.0 cm³/mol. The lowest BCUT2D eigenvalue weighted by Crippen LogP contribution is -2.32. The van der Waals surface area contributed by atoms with Crippen molar-refractivity contribution >= 4 is 11.9 Å². The van der Waals surface area contributed by atoms with E-state index in [1.165, 1.54) is 0 Å². The summed E-state index contributed by atoms with van der Waals surface area (Å²) in [5.74, 6) is 0.471. The molecule has 0 atom stereocenters. The second kappa shape index (κ2) is 5.25. The average Bonchev–Trinajstić information content (AvgIpc) is 2.24. The van der Waals surface area contributed by atoms with E-state index in [4.69, 9.17) is 9.47 Å². The minimum Gasteiger partial charge on any atom is -0.428 e. The van der Waals surface area contributed by atoms with E-state index in [2.05, 4.69) is 0 Å². The number of Topliss-reactive ketones (excluding diaryl/α,β-unsaturated/α-hetero) is 1. The van der Waals surface area contributed by atoms with Gasteiger partial charge < -0.3 is 9.47 Å². The summed E-state index contributed by atoms with van der Waals surface area (Å²) in [5, 5.41) is 0. The third-order valence-electron chi connectivity index (χ3n) is 2.82. The molecule has 0 radical (unpaired) electrons. The zero-order valence-corrected chi connectivity index (χ0v) is 12.2. The van der Waals surface area contributed by atoms with Crippen LogP contribution in [0.25, 0.3) is 0 Å². The summed E-state index contributed by atoms with van der Waals surface area (Å²) in [4.78, 5) is 25.4. The van der Waals surface area contributed by atoms with Crippen LogP contribution in [0.1, 0.15) is 36.7 Å². The SMILES string of the molecule is CN1CC(=O)c2ccc(OC(=O)OC(C)(C)C)cc2C1. The standard InChI is InChI=1S/C15H19NO4/c1-15(2,3)20-14(18)19-11-5-6-12-10(7-11)8-16(4)9-13(12)17/h5-7H,8-9H2,1-4H3. The first-order valence-electron chi connectivity index (χ1n) is 6.50. The van der Waals surface area contributed by atoms with Gasteiger partial charge in [0, 0.05) is 12.1 Å². The van der Waals surface area contributed by atoms with E-state index >= 15 is 0 Å². The van der Waals surface area contributed by atoms with Gasteiger partial charge in [0.15, 0.2) is 5.78 Å². The molecule has 20 heavy (non-hydrogen) atoms. The molecule has 1 aromatic carbocycles. The molecule has 1 aliphatic rings. The van der Waals surface area contributed by atoms with Gasteiger partial charge in [-0.15, -0.1) is 0 Å². The van der Waals surface area contributed by atoms with Crippen LogP contribution in [-0.4, -0.2) is 36.0 Å². The Morgan fingerprint density at radius 1 is 1.25 bits per heavy atom. The maximum Gasteiger partial charge on any atom is 0.514 e. The molecule has 0 fully saturated rings. The van der Waals surface area contributed by atoms with Crippen molar-refractivity contribution in [2.45, 2.75) is 32.9 Å². The smallest absolute Gasteiger partial charge is 0.428 e. The van der Waals surface area contributed by atoms with Gasteiger partial charge in [0.05, 0.1) is 6.54 Å². The van der Waals surface area contributed by atoms with Crippen LogP contribution in [0.2, 0.25) is 0 Å². The molecular weight excluding hydrogens is 258 g/mol. The fourth-order valence-corrected chi connectivity index (χ4v) is 2.08. The number of benzene rings is 1. The summed E-state index contributed by atoms with van der Waals surface area (Å²) in [6.07, 6.45) is -0.743. The lowest BCUT2D eigenvalue weighted by molar-refractivity contribution is 0.0206. The Balaban J connectivity index is 2.13. The third-order valence-corrected chi connectivity index (χ3v) is 2.82. The largest absolute Gasteiger partial charge is 0.514 e. The Morgan fingerprint density at radius 2 is 1.95 bits per heavy atom. The molecule has 0 N–H and O–H groups in total. The molecule has 0 spiro atoms. The van der Waals surface area contributed by atoms with Gasteiger partial charge in [-0.25, -0.2) is 4.79 Å². The number of fused-ring (bicyclic) bond motifs is 1. The van der Waals surface area contributed by atoms with Crippen LogP contribution in [0.3, 0.4) is 0 Å². The van der Waals surface area contributed by atoms with E-state index in [0.717, 1.165) is 5.56 Å². The van der Waals surface area contributed by atoms with Gasteiger partial charge in [-0.1, -0.05) is 0 Å². The van der Waals surface area contributed by atoms with Crippen molar-refractivity contribution in [2.75, 3.05) is 13.6 Å². The zero-order valence-electron chi connectivity index (χ0n) is 12.2. The number of carbonyl (C=O) groups is 2. The fraction of sp³-hybridized carbons (Fsp3) is 0.467. The van der Waals surface area contributed by atoms with E-state index in [-0.39, 0.29) is 5.78 Å². The van der Waals surface area contributed by atoms with Crippen LogP contribution in [-0.2, 0) is 11.3 Å². The summed E-state index contributed by atoms with van der Waals surface area (Å²) in [6.45, 7) is 6.39. The van der Waals surface area contributed by atoms with Gasteiger partial charge in [-0.2, -0.15) is 0 Å². The highest BCUT2D eigenvalue weighted by atomic mass is 16.7. The van der Waals surface area contributed by atoms with Crippen molar-refractivity contribution in [2.24, 2.45) is 0 Å². The van der Waals surface area contributed by atoms with Gasteiger partial charge in [-0.05, 0) is 51.6 Å². The van der Waals surface area contributed by atoms with E-state index in [0.29, 0.717) is 24.4 Å². The Morgan fingerprint density at radius 3 is 2.60 bits per heavy atom. The molecule has 5 heteroatoms. The van der Waals surface area contributed by atoms with Gasteiger partial charge >= 0.3 is 6.16 Å². The lowest BCUT2D eigenvalue weighted by Gasteiger charge is -2.24. The van der Waals surface area contributed by atoms with Crippen LogP contribution in [0.5, 0.6) is 5.75 Å². The van der Waals surface area contributed by atoms with Crippen molar-refractivity contribution in [3.8, 4) is 5.75 Å². The summed E-state index contributed by atoms with van der Waals surface area (Å²) in [5.41, 5.74) is 0.964. The zero-order chi connectivity index (χ0) is 14.9. The Labute approximate surface area is 118 Å². The van der Waals surface area contributed by atoms with E-state index in [9.17, 15) is 9.59 Å². The second-order valence-electron chi connectivity index (χ2n) is 5.98. The van der Waals surface area contributed by atoms with Crippen molar-refractivity contribution in [3.63, 3.8) is 0 Å². The Hall–Kier alpha value is -1.88. The maximum absolute atomic E-state index is 11.8. The van der Waals surface area contributed by atoms with Crippen LogP contribution in [0.15, 0.2) is 18.2 Å². The minimum atomic E-state index is -0.743. The van der Waals surface area contributed by atoms with Crippen LogP contribution < -0.4 is 4.74 Å². The normalized spacial score (nSPS) is 15.7. The lowest BCUT2D eigenvalue weighted by atomic mass is 9.99. The highest BCUT2D eigenvalue weighted by Gasteiger charge is 2.22. The van der Waals surface area contributed by atoms with Crippen LogP contribution >= 0.6 is 0 Å². The molecular formula is C15H19NO4. The highest BCUT2D eigenvalue weighted by molar-refractivity contribution is 6.00. The number of ketones is 1. The minimum absolute atomic E-state index is 0.0811. The number of nitrogens with zero attached hydrogens (tertiary/aromatic N) is 1. The van der Waals surface area contributed by atoms with Crippen molar-refractivity contribution < 1.29 is 19.1 Å².